The summed E-state index contributed by atoms with van der Waals surface area (Å²) in [5.74, 6) is 0.497. The molecule has 1 aromatic carbocycles. The second-order valence-corrected chi connectivity index (χ2v) is 5.78. The standard InChI is InChI=1S/C17H14N2O4S/c1-22-12-4-2-3-11(9-12)5-6-15(20)23-10-14-18-13-7-8-24-16(13)17(21)19-14/h2-9H,10H2,1H3,(H,18,19,21)/b6-5+. The largest absolute Gasteiger partial charge is 0.497 e. The highest BCUT2D eigenvalue weighted by Crippen LogP contribution is 2.15. The molecule has 0 aliphatic heterocycles. The van der Waals surface area contributed by atoms with E-state index in [4.69, 9.17) is 9.47 Å². The van der Waals surface area contributed by atoms with Gasteiger partial charge in [-0.2, -0.15) is 0 Å². The number of hydrogen-bond acceptors (Lipinski definition) is 6. The maximum Gasteiger partial charge on any atom is 0.331 e. The second-order valence-electron chi connectivity index (χ2n) is 4.87. The Morgan fingerprint density at radius 3 is 3.08 bits per heavy atom. The van der Waals surface area contributed by atoms with Gasteiger partial charge in [0, 0.05) is 6.08 Å². The van der Waals surface area contributed by atoms with Gasteiger partial charge in [-0.3, -0.25) is 4.79 Å². The molecule has 3 rings (SSSR count). The number of benzene rings is 1. The molecule has 0 aliphatic carbocycles. The Hall–Kier alpha value is -2.93. The minimum absolute atomic E-state index is 0.0949. The van der Waals surface area contributed by atoms with Crippen molar-refractivity contribution in [3.63, 3.8) is 0 Å². The highest BCUT2D eigenvalue weighted by Gasteiger charge is 2.06. The molecule has 6 nitrogen and oxygen atoms in total. The first-order chi connectivity index (χ1) is 11.7. The van der Waals surface area contributed by atoms with Crippen LogP contribution < -0.4 is 10.3 Å². The van der Waals surface area contributed by atoms with E-state index < -0.39 is 5.97 Å². The molecule has 7 heteroatoms. The number of nitrogens with one attached hydrogen (secondary N) is 1. The molecule has 2 heterocycles. The van der Waals surface area contributed by atoms with Crippen molar-refractivity contribution in [3.8, 4) is 5.75 Å². The number of ether oxygens (including phenoxy) is 2. The SMILES string of the molecule is COc1cccc(/C=C/C(=O)OCc2nc3ccsc3c(=O)[nH]2)c1. The summed E-state index contributed by atoms with van der Waals surface area (Å²) >= 11 is 1.32. The number of rotatable bonds is 5. The maximum atomic E-state index is 11.8. The van der Waals surface area contributed by atoms with Crippen LogP contribution in [0.3, 0.4) is 0 Å². The lowest BCUT2D eigenvalue weighted by molar-refractivity contribution is -0.139. The molecule has 3 aromatic rings. The summed E-state index contributed by atoms with van der Waals surface area (Å²) < 4.78 is 10.8. The Bertz CT molecular complexity index is 958. The minimum Gasteiger partial charge on any atom is -0.497 e. The summed E-state index contributed by atoms with van der Waals surface area (Å²) in [5, 5.41) is 1.79. The van der Waals surface area contributed by atoms with Crippen LogP contribution in [0.15, 0.2) is 46.6 Å². The molecule has 0 aliphatic rings. The van der Waals surface area contributed by atoms with Gasteiger partial charge in [-0.25, -0.2) is 9.78 Å². The van der Waals surface area contributed by atoms with Gasteiger partial charge < -0.3 is 14.5 Å². The molecular formula is C17H14N2O4S. The van der Waals surface area contributed by atoms with E-state index in [1.54, 1.807) is 30.7 Å². The molecule has 0 bridgehead atoms. The zero-order chi connectivity index (χ0) is 16.9. The van der Waals surface area contributed by atoms with Gasteiger partial charge in [0.2, 0.25) is 0 Å². The van der Waals surface area contributed by atoms with Crippen molar-refractivity contribution >= 4 is 33.6 Å². The lowest BCUT2D eigenvalue weighted by Gasteiger charge is -2.02. The highest BCUT2D eigenvalue weighted by atomic mass is 32.1. The topological polar surface area (TPSA) is 81.3 Å². The molecule has 0 radical (unpaired) electrons. The number of nitrogens with zero attached hydrogens (tertiary/aromatic N) is 1. The number of H-pyrrole nitrogens is 1. The molecule has 122 valence electrons. The van der Waals surface area contributed by atoms with Crippen LogP contribution in [0.25, 0.3) is 16.3 Å². The third-order valence-corrected chi connectivity index (χ3v) is 4.12. The van der Waals surface area contributed by atoms with E-state index in [9.17, 15) is 9.59 Å². The van der Waals surface area contributed by atoms with E-state index in [0.717, 1.165) is 5.56 Å². The lowest BCUT2D eigenvalue weighted by atomic mass is 10.2. The highest BCUT2D eigenvalue weighted by molar-refractivity contribution is 7.17. The third-order valence-electron chi connectivity index (χ3n) is 3.22. The first-order valence-corrected chi connectivity index (χ1v) is 7.99. The van der Waals surface area contributed by atoms with Crippen molar-refractivity contribution in [2.24, 2.45) is 0 Å². The zero-order valence-electron chi connectivity index (χ0n) is 12.8. The van der Waals surface area contributed by atoms with Crippen LogP contribution in [0.5, 0.6) is 5.75 Å². The van der Waals surface area contributed by atoms with Crippen molar-refractivity contribution in [2.45, 2.75) is 6.61 Å². The summed E-state index contributed by atoms with van der Waals surface area (Å²) in [6, 6.07) is 9.04. The van der Waals surface area contributed by atoms with Crippen molar-refractivity contribution in [2.75, 3.05) is 7.11 Å². The van der Waals surface area contributed by atoms with Gasteiger partial charge in [0.15, 0.2) is 0 Å². The first kappa shape index (κ1) is 15.9. The summed E-state index contributed by atoms with van der Waals surface area (Å²) in [6.07, 6.45) is 2.94. The predicted molar refractivity (Wildman–Crippen MR) is 92.1 cm³/mol. The minimum atomic E-state index is -0.522. The smallest absolute Gasteiger partial charge is 0.331 e. The number of aromatic nitrogens is 2. The number of esters is 1. The number of aromatic amines is 1. The quantitative estimate of drug-likeness (QED) is 0.569. The molecule has 0 atom stereocenters. The van der Waals surface area contributed by atoms with Gasteiger partial charge >= 0.3 is 5.97 Å². The van der Waals surface area contributed by atoms with Gasteiger partial charge in [0.25, 0.3) is 5.56 Å². The van der Waals surface area contributed by atoms with Crippen LogP contribution in [-0.4, -0.2) is 23.0 Å². The van der Waals surface area contributed by atoms with Gasteiger partial charge in [-0.05, 0) is 35.2 Å². The number of carbonyl (C=O) groups is 1. The molecule has 0 unspecified atom stereocenters. The number of thiophene rings is 1. The average molecular weight is 342 g/mol. The Balaban J connectivity index is 1.64. The molecule has 0 amide bonds. The fourth-order valence-electron chi connectivity index (χ4n) is 2.09. The summed E-state index contributed by atoms with van der Waals surface area (Å²) in [5.41, 5.74) is 1.19. The Labute approximate surface area is 141 Å². The molecular weight excluding hydrogens is 328 g/mol. The zero-order valence-corrected chi connectivity index (χ0v) is 13.6. The van der Waals surface area contributed by atoms with Crippen LogP contribution in [0, 0.1) is 0 Å². The van der Waals surface area contributed by atoms with Crippen LogP contribution in [0.2, 0.25) is 0 Å². The number of fused-ring (bicyclic) bond motifs is 1. The van der Waals surface area contributed by atoms with E-state index in [0.29, 0.717) is 21.8 Å². The Kier molecular flexibility index (Phi) is 4.72. The lowest BCUT2D eigenvalue weighted by Crippen LogP contribution is -2.12. The fourth-order valence-corrected chi connectivity index (χ4v) is 2.81. The first-order valence-electron chi connectivity index (χ1n) is 7.11. The van der Waals surface area contributed by atoms with Crippen molar-refractivity contribution in [1.29, 1.82) is 0 Å². The van der Waals surface area contributed by atoms with E-state index >= 15 is 0 Å². The van der Waals surface area contributed by atoms with Gasteiger partial charge in [0.05, 0.1) is 12.6 Å². The average Bonchev–Trinajstić information content (AvgIpc) is 3.07. The number of methoxy groups -OCH3 is 1. The van der Waals surface area contributed by atoms with Crippen molar-refractivity contribution < 1.29 is 14.3 Å². The maximum absolute atomic E-state index is 11.8. The molecule has 0 fully saturated rings. The number of hydrogen-bond donors (Lipinski definition) is 1. The van der Waals surface area contributed by atoms with Crippen LogP contribution in [-0.2, 0) is 16.1 Å². The van der Waals surface area contributed by atoms with Crippen molar-refractivity contribution in [1.82, 2.24) is 9.97 Å². The summed E-state index contributed by atoms with van der Waals surface area (Å²) in [7, 11) is 1.58. The normalized spacial score (nSPS) is 11.0. The fraction of sp³-hybridized carbons (Fsp3) is 0.118. The van der Waals surface area contributed by atoms with Gasteiger partial charge in [-0.1, -0.05) is 12.1 Å². The van der Waals surface area contributed by atoms with E-state index in [-0.39, 0.29) is 12.2 Å². The molecule has 0 saturated heterocycles. The van der Waals surface area contributed by atoms with Gasteiger partial charge in [-0.15, -0.1) is 11.3 Å². The monoisotopic (exact) mass is 342 g/mol. The van der Waals surface area contributed by atoms with Crippen molar-refractivity contribution in [3.05, 3.63) is 63.5 Å². The Morgan fingerprint density at radius 2 is 2.25 bits per heavy atom. The summed E-state index contributed by atoms with van der Waals surface area (Å²) in [6.45, 7) is -0.0949. The van der Waals surface area contributed by atoms with Crippen LogP contribution in [0.4, 0.5) is 0 Å². The van der Waals surface area contributed by atoms with Crippen LogP contribution >= 0.6 is 11.3 Å². The van der Waals surface area contributed by atoms with E-state index in [1.807, 2.05) is 18.2 Å². The molecule has 24 heavy (non-hydrogen) atoms. The van der Waals surface area contributed by atoms with E-state index in [2.05, 4.69) is 9.97 Å². The van der Waals surface area contributed by atoms with Gasteiger partial charge in [0.1, 0.15) is 22.9 Å². The van der Waals surface area contributed by atoms with E-state index in [1.165, 1.54) is 17.4 Å². The Morgan fingerprint density at radius 1 is 1.38 bits per heavy atom. The molecule has 0 saturated carbocycles. The molecule has 2 aromatic heterocycles. The van der Waals surface area contributed by atoms with Crippen LogP contribution in [0.1, 0.15) is 11.4 Å². The predicted octanol–water partition coefficient (Wildman–Crippen LogP) is 2.75. The third kappa shape index (κ3) is 3.69. The summed E-state index contributed by atoms with van der Waals surface area (Å²) in [4.78, 5) is 30.5. The second kappa shape index (κ2) is 7.10. The molecule has 1 N–H and O–H groups in total. The number of carbonyl (C=O) groups excluding carboxylic acids is 1. The molecule has 0 spiro atoms.